The lowest BCUT2D eigenvalue weighted by Crippen LogP contribution is -2.29. The summed E-state index contributed by atoms with van der Waals surface area (Å²) in [6.07, 6.45) is 10.2. The van der Waals surface area contributed by atoms with Crippen molar-refractivity contribution in [3.05, 3.63) is 47.3 Å². The van der Waals surface area contributed by atoms with Crippen LogP contribution in [0.2, 0.25) is 0 Å². The molecular formula is C25H29FN2O2. The molecule has 3 rings (SSSR count). The van der Waals surface area contributed by atoms with E-state index in [0.717, 1.165) is 57.8 Å². The maximum Gasteiger partial charge on any atom is 0.309 e. The standard InChI is InChI=1S/C25H29FN2O2/c26-23(17-28)3-1-2-18-4-10-22(11-5-18)25(29)30-24-14-12-21(13-15-24)20-8-6-19(16-27)7-9-20/h3,6-9,18,21-22,24H,1-2,4-5,10-15H2/b23-3+. The number of esters is 1. The molecule has 5 heteroatoms. The van der Waals surface area contributed by atoms with Crippen molar-refractivity contribution >= 4 is 5.97 Å². The second-order valence-electron chi connectivity index (χ2n) is 8.60. The third-order valence-electron chi connectivity index (χ3n) is 6.65. The topological polar surface area (TPSA) is 73.9 Å². The quantitative estimate of drug-likeness (QED) is 0.421. The first-order chi connectivity index (χ1) is 14.6. The van der Waals surface area contributed by atoms with Crippen LogP contribution in [0.3, 0.4) is 0 Å². The fourth-order valence-electron chi connectivity index (χ4n) is 4.78. The third-order valence-corrected chi connectivity index (χ3v) is 6.65. The molecule has 2 aliphatic rings. The van der Waals surface area contributed by atoms with E-state index < -0.39 is 5.83 Å². The Bertz CT molecular complexity index is 818. The molecule has 2 saturated carbocycles. The Morgan fingerprint density at radius 3 is 2.30 bits per heavy atom. The molecule has 2 aliphatic carbocycles. The molecule has 1 aromatic rings. The fourth-order valence-corrected chi connectivity index (χ4v) is 4.78. The van der Waals surface area contributed by atoms with Crippen molar-refractivity contribution in [2.24, 2.45) is 11.8 Å². The van der Waals surface area contributed by atoms with Crippen LogP contribution >= 0.6 is 0 Å². The fraction of sp³-hybridized carbons (Fsp3) is 0.560. The average molecular weight is 409 g/mol. The third kappa shape index (κ3) is 6.17. The van der Waals surface area contributed by atoms with Crippen molar-refractivity contribution in [3.63, 3.8) is 0 Å². The Balaban J connectivity index is 1.37. The highest BCUT2D eigenvalue weighted by atomic mass is 19.1. The van der Waals surface area contributed by atoms with Gasteiger partial charge >= 0.3 is 5.97 Å². The van der Waals surface area contributed by atoms with Gasteiger partial charge in [0, 0.05) is 0 Å². The zero-order valence-electron chi connectivity index (χ0n) is 17.4. The van der Waals surface area contributed by atoms with Gasteiger partial charge in [-0.2, -0.15) is 14.9 Å². The van der Waals surface area contributed by atoms with Gasteiger partial charge in [-0.3, -0.25) is 4.79 Å². The van der Waals surface area contributed by atoms with E-state index in [1.54, 1.807) is 0 Å². The summed E-state index contributed by atoms with van der Waals surface area (Å²) in [5, 5.41) is 17.4. The highest BCUT2D eigenvalue weighted by Gasteiger charge is 2.30. The first-order valence-corrected chi connectivity index (χ1v) is 11.1. The van der Waals surface area contributed by atoms with Gasteiger partial charge in [-0.05, 0) is 99.8 Å². The molecule has 0 bridgehead atoms. The SMILES string of the molecule is N#C/C(F)=C\CCC1CCC(C(=O)OC2CCC(c3ccc(C#N)cc3)CC2)CC1. The van der Waals surface area contributed by atoms with Gasteiger partial charge in [0.1, 0.15) is 12.2 Å². The normalized spacial score (nSPS) is 27.0. The van der Waals surface area contributed by atoms with Gasteiger partial charge in [-0.1, -0.05) is 12.1 Å². The largest absolute Gasteiger partial charge is 0.462 e. The molecule has 0 atom stereocenters. The summed E-state index contributed by atoms with van der Waals surface area (Å²) < 4.78 is 18.7. The number of hydrogen-bond donors (Lipinski definition) is 0. The molecule has 0 heterocycles. The molecule has 0 aromatic heterocycles. The molecule has 0 amide bonds. The Morgan fingerprint density at radius 1 is 1.03 bits per heavy atom. The number of carbonyl (C=O) groups excluding carboxylic acids is 1. The van der Waals surface area contributed by atoms with E-state index >= 15 is 0 Å². The Hall–Kier alpha value is -2.66. The highest BCUT2D eigenvalue weighted by molar-refractivity contribution is 5.72. The van der Waals surface area contributed by atoms with E-state index in [-0.39, 0.29) is 18.0 Å². The number of allylic oxidation sites excluding steroid dienone is 2. The van der Waals surface area contributed by atoms with Crippen molar-refractivity contribution in [3.8, 4) is 12.1 Å². The van der Waals surface area contributed by atoms with Gasteiger partial charge in [-0.15, -0.1) is 0 Å². The number of nitrogens with zero attached hydrogens (tertiary/aromatic N) is 2. The first-order valence-electron chi connectivity index (χ1n) is 11.1. The van der Waals surface area contributed by atoms with Crippen LogP contribution < -0.4 is 0 Å². The van der Waals surface area contributed by atoms with Crippen LogP contribution in [0.5, 0.6) is 0 Å². The summed E-state index contributed by atoms with van der Waals surface area (Å²) >= 11 is 0. The lowest BCUT2D eigenvalue weighted by molar-refractivity contribution is -0.157. The Kier molecular flexibility index (Phi) is 8.03. The van der Waals surface area contributed by atoms with Gasteiger partial charge < -0.3 is 4.74 Å². The van der Waals surface area contributed by atoms with Crippen LogP contribution in [0.1, 0.15) is 81.3 Å². The zero-order chi connectivity index (χ0) is 21.3. The summed E-state index contributed by atoms with van der Waals surface area (Å²) in [4.78, 5) is 12.6. The molecule has 0 N–H and O–H groups in total. The lowest BCUT2D eigenvalue weighted by atomic mass is 9.79. The number of ether oxygens (including phenoxy) is 1. The number of nitriles is 2. The lowest BCUT2D eigenvalue weighted by Gasteiger charge is -2.31. The van der Waals surface area contributed by atoms with Crippen molar-refractivity contribution in [2.75, 3.05) is 0 Å². The number of carbonyl (C=O) groups is 1. The smallest absolute Gasteiger partial charge is 0.309 e. The number of hydrogen-bond acceptors (Lipinski definition) is 4. The van der Waals surface area contributed by atoms with Crippen LogP contribution in [0.25, 0.3) is 0 Å². The summed E-state index contributed by atoms with van der Waals surface area (Å²) in [5.41, 5.74) is 1.95. The van der Waals surface area contributed by atoms with E-state index in [1.807, 2.05) is 24.3 Å². The minimum absolute atomic E-state index is 0.0103. The maximum atomic E-state index is 12.9. The predicted molar refractivity (Wildman–Crippen MR) is 112 cm³/mol. The monoisotopic (exact) mass is 408 g/mol. The second kappa shape index (κ2) is 10.9. The molecule has 30 heavy (non-hydrogen) atoms. The van der Waals surface area contributed by atoms with E-state index in [0.29, 0.717) is 23.8 Å². The minimum atomic E-state index is -0.707. The van der Waals surface area contributed by atoms with Gasteiger partial charge in [-0.25, -0.2) is 0 Å². The van der Waals surface area contributed by atoms with Crippen LogP contribution in [0.4, 0.5) is 4.39 Å². The number of benzene rings is 1. The Morgan fingerprint density at radius 2 is 1.70 bits per heavy atom. The van der Waals surface area contributed by atoms with E-state index in [4.69, 9.17) is 15.3 Å². The van der Waals surface area contributed by atoms with Crippen LogP contribution in [0, 0.1) is 34.5 Å². The van der Waals surface area contributed by atoms with Gasteiger partial charge in [0.2, 0.25) is 0 Å². The molecule has 2 fully saturated rings. The second-order valence-corrected chi connectivity index (χ2v) is 8.60. The van der Waals surface area contributed by atoms with E-state index in [1.165, 1.54) is 17.7 Å². The van der Waals surface area contributed by atoms with Crippen LogP contribution in [-0.2, 0) is 9.53 Å². The zero-order valence-corrected chi connectivity index (χ0v) is 17.4. The molecule has 0 radical (unpaired) electrons. The van der Waals surface area contributed by atoms with Gasteiger partial charge in [0.25, 0.3) is 0 Å². The maximum absolute atomic E-state index is 12.9. The van der Waals surface area contributed by atoms with Crippen molar-refractivity contribution in [1.29, 1.82) is 10.5 Å². The van der Waals surface area contributed by atoms with Crippen molar-refractivity contribution in [2.45, 2.75) is 76.2 Å². The van der Waals surface area contributed by atoms with Gasteiger partial charge in [0.15, 0.2) is 5.83 Å². The Labute approximate surface area is 178 Å². The molecule has 0 unspecified atom stereocenters. The van der Waals surface area contributed by atoms with E-state index in [9.17, 15) is 9.18 Å². The predicted octanol–water partition coefficient (Wildman–Crippen LogP) is 6.09. The average Bonchev–Trinajstić information content (AvgIpc) is 2.80. The van der Waals surface area contributed by atoms with Crippen LogP contribution in [0.15, 0.2) is 36.2 Å². The molecule has 4 nitrogen and oxygen atoms in total. The minimum Gasteiger partial charge on any atom is -0.462 e. The molecule has 0 saturated heterocycles. The van der Waals surface area contributed by atoms with Crippen molar-refractivity contribution < 1.29 is 13.9 Å². The summed E-state index contributed by atoms with van der Waals surface area (Å²) in [5.74, 6) is 0.207. The molecule has 0 spiro atoms. The molecule has 158 valence electrons. The molecule has 0 aliphatic heterocycles. The summed E-state index contributed by atoms with van der Waals surface area (Å²) in [7, 11) is 0. The first kappa shape index (κ1) is 22.0. The summed E-state index contributed by atoms with van der Waals surface area (Å²) in [6.45, 7) is 0. The molecular weight excluding hydrogens is 379 g/mol. The molecule has 1 aromatic carbocycles. The van der Waals surface area contributed by atoms with Crippen molar-refractivity contribution in [1.82, 2.24) is 0 Å². The van der Waals surface area contributed by atoms with E-state index in [2.05, 4.69) is 6.07 Å². The number of halogens is 1. The summed E-state index contributed by atoms with van der Waals surface area (Å²) in [6, 6.07) is 11.5. The van der Waals surface area contributed by atoms with Gasteiger partial charge in [0.05, 0.1) is 17.6 Å². The highest BCUT2D eigenvalue weighted by Crippen LogP contribution is 2.36. The van der Waals surface area contributed by atoms with Crippen LogP contribution in [-0.4, -0.2) is 12.1 Å². The number of rotatable bonds is 6.